The second-order valence-electron chi connectivity index (χ2n) is 3.89. The number of rotatable bonds is 1. The highest BCUT2D eigenvalue weighted by Crippen LogP contribution is 2.17. The van der Waals surface area contributed by atoms with Gasteiger partial charge in [0.25, 0.3) is 5.56 Å². The number of nitrogens with one attached hydrogen (secondary N) is 1. The molecule has 0 amide bonds. The van der Waals surface area contributed by atoms with Gasteiger partial charge in [0, 0.05) is 13.1 Å². The van der Waals surface area contributed by atoms with Crippen LogP contribution in [0, 0.1) is 0 Å². The third kappa shape index (κ3) is 1.34. The fraction of sp³-hybridized carbons (Fsp3) is 0.273. The van der Waals surface area contributed by atoms with Crippen LogP contribution < -0.4 is 10.9 Å². The maximum Gasteiger partial charge on any atom is 0.262 e. The summed E-state index contributed by atoms with van der Waals surface area (Å²) in [5.74, 6) is 0. The minimum atomic E-state index is -0.0536. The number of nitrogens with zero attached hydrogens (tertiary/aromatic N) is 2. The maximum atomic E-state index is 12.2. The molecule has 1 aliphatic rings. The molecule has 3 rings (SSSR count). The van der Waals surface area contributed by atoms with Gasteiger partial charge in [0.15, 0.2) is 0 Å². The van der Waals surface area contributed by atoms with Gasteiger partial charge in [-0.15, -0.1) is 0 Å². The number of benzene rings is 1. The van der Waals surface area contributed by atoms with Gasteiger partial charge in [0.1, 0.15) is 0 Å². The summed E-state index contributed by atoms with van der Waals surface area (Å²) in [4.78, 5) is 16.4. The Balaban J connectivity index is 2.32. The Morgan fingerprint density at radius 2 is 2.12 bits per heavy atom. The highest BCUT2D eigenvalue weighted by molar-refractivity contribution is 6.28. The van der Waals surface area contributed by atoms with Crippen molar-refractivity contribution in [2.75, 3.05) is 13.1 Å². The Labute approximate surface area is 96.9 Å². The number of para-hydroxylation sites is 1. The average molecular weight is 236 g/mol. The molecule has 0 bridgehead atoms. The van der Waals surface area contributed by atoms with E-state index in [1.807, 2.05) is 12.1 Å². The van der Waals surface area contributed by atoms with E-state index in [0.717, 1.165) is 13.1 Å². The number of hydrogen-bond donors (Lipinski definition) is 1. The monoisotopic (exact) mass is 235 g/mol. The normalized spacial score (nSPS) is 16.3. The first-order valence-electron chi connectivity index (χ1n) is 5.15. The lowest BCUT2D eigenvalue weighted by Gasteiger charge is -2.29. The van der Waals surface area contributed by atoms with Crippen LogP contribution in [0.15, 0.2) is 29.1 Å². The molecule has 0 radical (unpaired) electrons. The summed E-state index contributed by atoms with van der Waals surface area (Å²) in [5, 5.41) is 4.01. The maximum absolute atomic E-state index is 12.2. The molecule has 1 aromatic heterocycles. The lowest BCUT2D eigenvalue weighted by atomic mass is 10.1. The molecule has 0 spiro atoms. The molecule has 0 unspecified atom stereocenters. The Morgan fingerprint density at radius 3 is 2.81 bits per heavy atom. The van der Waals surface area contributed by atoms with Crippen molar-refractivity contribution in [1.29, 1.82) is 0 Å². The fourth-order valence-electron chi connectivity index (χ4n) is 1.89. The lowest BCUT2D eigenvalue weighted by Crippen LogP contribution is -2.47. The van der Waals surface area contributed by atoms with Crippen LogP contribution in [0.25, 0.3) is 10.9 Å². The molecule has 2 aromatic rings. The van der Waals surface area contributed by atoms with Crippen LogP contribution in [-0.2, 0) is 0 Å². The molecule has 2 heterocycles. The smallest absolute Gasteiger partial charge is 0.262 e. The number of fused-ring (bicyclic) bond motifs is 1. The van der Waals surface area contributed by atoms with Crippen LogP contribution in [0.1, 0.15) is 6.04 Å². The van der Waals surface area contributed by atoms with Crippen LogP contribution in [0.2, 0.25) is 5.28 Å². The van der Waals surface area contributed by atoms with Crippen molar-refractivity contribution < 1.29 is 0 Å². The topological polar surface area (TPSA) is 46.9 Å². The molecule has 0 aliphatic carbocycles. The van der Waals surface area contributed by atoms with E-state index in [9.17, 15) is 4.79 Å². The Bertz CT molecular complexity index is 604. The van der Waals surface area contributed by atoms with Gasteiger partial charge in [-0.1, -0.05) is 12.1 Å². The van der Waals surface area contributed by atoms with E-state index in [0.29, 0.717) is 10.9 Å². The molecule has 0 atom stereocenters. The predicted octanol–water partition coefficient (Wildman–Crippen LogP) is 1.19. The summed E-state index contributed by atoms with van der Waals surface area (Å²) in [7, 11) is 0. The number of aromatic nitrogens is 2. The number of hydrogen-bond acceptors (Lipinski definition) is 3. The third-order valence-corrected chi connectivity index (χ3v) is 3.16. The first-order valence-corrected chi connectivity index (χ1v) is 5.52. The Hall–Kier alpha value is -1.39. The quantitative estimate of drug-likeness (QED) is 0.756. The molecule has 82 valence electrons. The zero-order valence-corrected chi connectivity index (χ0v) is 9.24. The predicted molar refractivity (Wildman–Crippen MR) is 62.9 cm³/mol. The number of halogens is 1. The summed E-state index contributed by atoms with van der Waals surface area (Å²) in [6.07, 6.45) is 0. The highest BCUT2D eigenvalue weighted by Gasteiger charge is 2.23. The molecule has 1 aromatic carbocycles. The van der Waals surface area contributed by atoms with Crippen molar-refractivity contribution in [3.63, 3.8) is 0 Å². The zero-order valence-electron chi connectivity index (χ0n) is 8.48. The molecule has 1 N–H and O–H groups in total. The molecular formula is C11H10ClN3O. The van der Waals surface area contributed by atoms with Gasteiger partial charge in [-0.2, -0.15) is 0 Å². The summed E-state index contributed by atoms with van der Waals surface area (Å²) in [5.41, 5.74) is 0.600. The van der Waals surface area contributed by atoms with E-state index >= 15 is 0 Å². The summed E-state index contributed by atoms with van der Waals surface area (Å²) >= 11 is 6.04. The third-order valence-electron chi connectivity index (χ3n) is 2.89. The van der Waals surface area contributed by atoms with Crippen LogP contribution >= 0.6 is 11.6 Å². The van der Waals surface area contributed by atoms with Gasteiger partial charge in [-0.25, -0.2) is 4.98 Å². The molecular weight excluding hydrogens is 226 g/mol. The van der Waals surface area contributed by atoms with Crippen LogP contribution in [0.3, 0.4) is 0 Å². The molecule has 16 heavy (non-hydrogen) atoms. The van der Waals surface area contributed by atoms with Gasteiger partial charge in [-0.05, 0) is 23.7 Å². The lowest BCUT2D eigenvalue weighted by molar-refractivity contribution is 0.335. The van der Waals surface area contributed by atoms with Gasteiger partial charge >= 0.3 is 0 Å². The van der Waals surface area contributed by atoms with Crippen LogP contribution in [0.4, 0.5) is 0 Å². The summed E-state index contributed by atoms with van der Waals surface area (Å²) in [6, 6.07) is 7.40. The van der Waals surface area contributed by atoms with Crippen molar-refractivity contribution in [3.05, 3.63) is 39.9 Å². The van der Waals surface area contributed by atoms with Gasteiger partial charge in [0.05, 0.1) is 16.9 Å². The van der Waals surface area contributed by atoms with Gasteiger partial charge < -0.3 is 5.32 Å². The molecule has 1 aliphatic heterocycles. The minimum absolute atomic E-state index is 0.0536. The second kappa shape index (κ2) is 3.57. The van der Waals surface area contributed by atoms with Gasteiger partial charge in [-0.3, -0.25) is 9.36 Å². The molecule has 4 nitrogen and oxygen atoms in total. The minimum Gasteiger partial charge on any atom is -0.313 e. The zero-order chi connectivity index (χ0) is 11.1. The largest absolute Gasteiger partial charge is 0.313 e. The first kappa shape index (κ1) is 9.81. The van der Waals surface area contributed by atoms with E-state index in [1.54, 1.807) is 16.7 Å². The fourth-order valence-corrected chi connectivity index (χ4v) is 2.20. The first-order chi connectivity index (χ1) is 7.77. The van der Waals surface area contributed by atoms with Crippen molar-refractivity contribution in [2.45, 2.75) is 6.04 Å². The highest BCUT2D eigenvalue weighted by atomic mass is 35.5. The van der Waals surface area contributed by atoms with Crippen molar-refractivity contribution in [2.24, 2.45) is 0 Å². The molecule has 1 saturated heterocycles. The average Bonchev–Trinajstić information content (AvgIpc) is 2.21. The Kier molecular flexibility index (Phi) is 2.19. The summed E-state index contributed by atoms with van der Waals surface area (Å²) in [6.45, 7) is 1.55. The molecule has 0 saturated carbocycles. The standard InChI is InChI=1S/C11H10ClN3O/c12-11-14-9-4-2-1-3-8(9)10(16)15(11)7-5-13-6-7/h1-4,7,13H,5-6H2. The SMILES string of the molecule is O=c1c2ccccc2nc(Cl)n1C1CNC1. The second-order valence-corrected chi connectivity index (χ2v) is 4.22. The van der Waals surface area contributed by atoms with Crippen molar-refractivity contribution in [3.8, 4) is 0 Å². The van der Waals surface area contributed by atoms with Crippen LogP contribution in [0.5, 0.6) is 0 Å². The van der Waals surface area contributed by atoms with Crippen molar-refractivity contribution >= 4 is 22.5 Å². The van der Waals surface area contributed by atoms with E-state index in [2.05, 4.69) is 10.3 Å². The van der Waals surface area contributed by atoms with E-state index in [1.165, 1.54) is 0 Å². The van der Waals surface area contributed by atoms with E-state index in [4.69, 9.17) is 11.6 Å². The van der Waals surface area contributed by atoms with Gasteiger partial charge in [0.2, 0.25) is 5.28 Å². The van der Waals surface area contributed by atoms with E-state index in [-0.39, 0.29) is 16.9 Å². The molecule has 5 heteroatoms. The molecule has 1 fully saturated rings. The van der Waals surface area contributed by atoms with E-state index < -0.39 is 0 Å². The van der Waals surface area contributed by atoms with Crippen LogP contribution in [-0.4, -0.2) is 22.6 Å². The summed E-state index contributed by atoms with van der Waals surface area (Å²) < 4.78 is 1.57. The van der Waals surface area contributed by atoms with Crippen molar-refractivity contribution in [1.82, 2.24) is 14.9 Å². The Morgan fingerprint density at radius 1 is 1.38 bits per heavy atom.